The molecule has 64 valence electrons. The monoisotopic (exact) mass is 273 g/mol. The molecule has 0 aliphatic heterocycles. The third kappa shape index (κ3) is 2.00. The van der Waals surface area contributed by atoms with Crippen LogP contribution in [0.3, 0.4) is 0 Å². The highest BCUT2D eigenvalue weighted by atomic mass is 127. The second-order valence-corrected chi connectivity index (χ2v) is 3.58. The molecule has 1 rings (SSSR count). The lowest BCUT2D eigenvalue weighted by Crippen LogP contribution is -1.92. The van der Waals surface area contributed by atoms with Gasteiger partial charge in [0, 0.05) is 5.69 Å². The van der Waals surface area contributed by atoms with Gasteiger partial charge >= 0.3 is 0 Å². The molecule has 0 atom stereocenters. The van der Waals surface area contributed by atoms with Crippen molar-refractivity contribution in [2.45, 2.75) is 13.8 Å². The molecule has 0 spiro atoms. The zero-order valence-corrected chi connectivity index (χ0v) is 9.42. The fourth-order valence-corrected chi connectivity index (χ4v) is 1.46. The van der Waals surface area contributed by atoms with E-state index < -0.39 is 0 Å². The molecule has 0 saturated heterocycles. The summed E-state index contributed by atoms with van der Waals surface area (Å²) in [5.74, 6) is 0. The number of hydrogen-bond donors (Lipinski definition) is 1. The van der Waals surface area contributed by atoms with Crippen LogP contribution in [-0.2, 0) is 0 Å². The van der Waals surface area contributed by atoms with E-state index in [9.17, 15) is 0 Å². The van der Waals surface area contributed by atoms with E-state index in [1.54, 1.807) is 0 Å². The number of anilines is 1. The van der Waals surface area contributed by atoms with Gasteiger partial charge in [0.05, 0.1) is 0 Å². The third-order valence-electron chi connectivity index (χ3n) is 1.94. The predicted octanol–water partition coefficient (Wildman–Crippen LogP) is 3.29. The van der Waals surface area contributed by atoms with E-state index in [1.807, 2.05) is 16.2 Å². The standard InChI is InChI=1S/C10H12IN/c1-7-5-9(3-4-11)10(12)6-8(7)2/h3-6H,12H2,1-2H3/b4-3-. The van der Waals surface area contributed by atoms with Gasteiger partial charge in [-0.25, -0.2) is 0 Å². The first-order chi connectivity index (χ1) is 5.65. The van der Waals surface area contributed by atoms with Gasteiger partial charge in [-0.2, -0.15) is 0 Å². The molecule has 1 aromatic rings. The molecule has 0 saturated carbocycles. The summed E-state index contributed by atoms with van der Waals surface area (Å²) < 4.78 is 1.97. The van der Waals surface area contributed by atoms with Crippen LogP contribution in [0.2, 0.25) is 0 Å². The first kappa shape index (κ1) is 9.58. The summed E-state index contributed by atoms with van der Waals surface area (Å²) in [7, 11) is 0. The molecular formula is C10H12IN. The summed E-state index contributed by atoms with van der Waals surface area (Å²) in [5, 5.41) is 0. The van der Waals surface area contributed by atoms with Gasteiger partial charge in [0.2, 0.25) is 0 Å². The first-order valence-corrected chi connectivity index (χ1v) is 5.03. The SMILES string of the molecule is Cc1cc(N)c(/C=C\I)cc1C. The number of halogens is 1. The molecule has 1 nitrogen and oxygen atoms in total. The zero-order valence-electron chi connectivity index (χ0n) is 7.26. The molecule has 12 heavy (non-hydrogen) atoms. The Morgan fingerprint density at radius 1 is 1.25 bits per heavy atom. The van der Waals surface area contributed by atoms with E-state index in [-0.39, 0.29) is 0 Å². The Balaban J connectivity index is 3.23. The Morgan fingerprint density at radius 2 is 1.83 bits per heavy atom. The minimum absolute atomic E-state index is 0.853. The van der Waals surface area contributed by atoms with Gasteiger partial charge in [-0.3, -0.25) is 0 Å². The average molecular weight is 273 g/mol. The van der Waals surface area contributed by atoms with Crippen molar-refractivity contribution >= 4 is 34.4 Å². The third-order valence-corrected chi connectivity index (χ3v) is 2.30. The van der Waals surface area contributed by atoms with E-state index in [2.05, 4.69) is 42.5 Å². The number of benzene rings is 1. The Bertz CT molecular complexity index is 316. The summed E-state index contributed by atoms with van der Waals surface area (Å²) >= 11 is 2.19. The molecule has 0 fully saturated rings. The highest BCUT2D eigenvalue weighted by Crippen LogP contribution is 2.19. The smallest absolute Gasteiger partial charge is 0.0390 e. The van der Waals surface area contributed by atoms with Crippen molar-refractivity contribution in [1.29, 1.82) is 0 Å². The van der Waals surface area contributed by atoms with E-state index in [4.69, 9.17) is 5.73 Å². The van der Waals surface area contributed by atoms with Crippen LogP contribution < -0.4 is 5.73 Å². The number of hydrogen-bond acceptors (Lipinski definition) is 1. The summed E-state index contributed by atoms with van der Waals surface area (Å²) in [6.45, 7) is 4.17. The fourth-order valence-electron chi connectivity index (χ4n) is 1.07. The summed E-state index contributed by atoms with van der Waals surface area (Å²) in [4.78, 5) is 0. The predicted molar refractivity (Wildman–Crippen MR) is 63.4 cm³/mol. The normalized spacial score (nSPS) is 10.9. The lowest BCUT2D eigenvalue weighted by molar-refractivity contribution is 1.34. The van der Waals surface area contributed by atoms with Crippen molar-refractivity contribution in [1.82, 2.24) is 0 Å². The van der Waals surface area contributed by atoms with Gasteiger partial charge in [-0.05, 0) is 52.8 Å². The van der Waals surface area contributed by atoms with Crippen LogP contribution in [-0.4, -0.2) is 0 Å². The van der Waals surface area contributed by atoms with Crippen molar-refractivity contribution in [3.8, 4) is 0 Å². The quantitative estimate of drug-likeness (QED) is 0.616. The van der Waals surface area contributed by atoms with Crippen LogP contribution in [0.4, 0.5) is 5.69 Å². The van der Waals surface area contributed by atoms with Gasteiger partial charge in [-0.15, -0.1) is 0 Å². The Labute approximate surface area is 86.8 Å². The molecule has 0 bridgehead atoms. The van der Waals surface area contributed by atoms with Crippen molar-refractivity contribution < 1.29 is 0 Å². The van der Waals surface area contributed by atoms with Gasteiger partial charge in [0.25, 0.3) is 0 Å². The molecule has 0 aliphatic rings. The molecule has 0 heterocycles. The Morgan fingerprint density at radius 3 is 2.42 bits per heavy atom. The van der Waals surface area contributed by atoms with Gasteiger partial charge < -0.3 is 5.73 Å². The lowest BCUT2D eigenvalue weighted by atomic mass is 10.0. The van der Waals surface area contributed by atoms with E-state index >= 15 is 0 Å². The highest BCUT2D eigenvalue weighted by Gasteiger charge is 1.98. The van der Waals surface area contributed by atoms with Crippen LogP contribution in [0.5, 0.6) is 0 Å². The molecular weight excluding hydrogens is 261 g/mol. The van der Waals surface area contributed by atoms with Gasteiger partial charge in [-0.1, -0.05) is 22.6 Å². The van der Waals surface area contributed by atoms with Crippen LogP contribution in [0, 0.1) is 13.8 Å². The second-order valence-electron chi connectivity index (χ2n) is 2.86. The maximum atomic E-state index is 5.82. The molecule has 0 amide bonds. The maximum absolute atomic E-state index is 5.82. The van der Waals surface area contributed by atoms with Crippen molar-refractivity contribution in [3.63, 3.8) is 0 Å². The topological polar surface area (TPSA) is 26.0 Å². The first-order valence-electron chi connectivity index (χ1n) is 3.78. The van der Waals surface area contributed by atoms with Crippen molar-refractivity contribution in [2.24, 2.45) is 0 Å². The molecule has 2 heteroatoms. The number of rotatable bonds is 1. The van der Waals surface area contributed by atoms with Crippen LogP contribution in [0.15, 0.2) is 16.2 Å². The minimum atomic E-state index is 0.853. The highest BCUT2D eigenvalue weighted by molar-refractivity contribution is 14.1. The van der Waals surface area contributed by atoms with Crippen molar-refractivity contribution in [2.75, 3.05) is 5.73 Å². The molecule has 0 radical (unpaired) electrons. The van der Waals surface area contributed by atoms with Crippen LogP contribution in [0.1, 0.15) is 16.7 Å². The van der Waals surface area contributed by atoms with E-state index in [1.165, 1.54) is 11.1 Å². The zero-order chi connectivity index (χ0) is 9.14. The largest absolute Gasteiger partial charge is 0.398 e. The van der Waals surface area contributed by atoms with Crippen LogP contribution >= 0.6 is 22.6 Å². The summed E-state index contributed by atoms with van der Waals surface area (Å²) in [5.41, 5.74) is 10.3. The number of aryl methyl sites for hydroxylation is 2. The average Bonchev–Trinajstić information content (AvgIpc) is 2.01. The minimum Gasteiger partial charge on any atom is -0.398 e. The summed E-state index contributed by atoms with van der Waals surface area (Å²) in [6.07, 6.45) is 2.02. The maximum Gasteiger partial charge on any atom is 0.0390 e. The summed E-state index contributed by atoms with van der Waals surface area (Å²) in [6, 6.07) is 4.13. The number of nitrogens with two attached hydrogens (primary N) is 1. The fraction of sp³-hybridized carbons (Fsp3) is 0.200. The molecule has 0 aliphatic carbocycles. The van der Waals surface area contributed by atoms with E-state index in [0.29, 0.717) is 0 Å². The van der Waals surface area contributed by atoms with Gasteiger partial charge in [0.1, 0.15) is 0 Å². The van der Waals surface area contributed by atoms with Gasteiger partial charge in [0.15, 0.2) is 0 Å². The Kier molecular flexibility index (Phi) is 3.14. The second kappa shape index (κ2) is 3.94. The Hall–Kier alpha value is -0.510. The van der Waals surface area contributed by atoms with Crippen LogP contribution in [0.25, 0.3) is 6.08 Å². The van der Waals surface area contributed by atoms with E-state index in [0.717, 1.165) is 11.3 Å². The molecule has 2 N–H and O–H groups in total. The van der Waals surface area contributed by atoms with Crippen molar-refractivity contribution in [3.05, 3.63) is 32.9 Å². The number of nitrogen functional groups attached to an aromatic ring is 1. The molecule has 0 unspecified atom stereocenters. The molecule has 0 aromatic heterocycles. The molecule has 1 aromatic carbocycles. The lowest BCUT2D eigenvalue weighted by Gasteiger charge is -2.05.